The highest BCUT2D eigenvalue weighted by atomic mass is 79.9. The van der Waals surface area contributed by atoms with Crippen molar-refractivity contribution >= 4 is 27.3 Å². The molecule has 0 fully saturated rings. The SMILES string of the molecule is CCCNC(c1sccc1C)c1c(Br)cnn1CCOC. The molecule has 4 nitrogen and oxygen atoms in total. The lowest BCUT2D eigenvalue weighted by Crippen LogP contribution is -2.26. The Hall–Kier alpha value is -0.690. The summed E-state index contributed by atoms with van der Waals surface area (Å²) in [4.78, 5) is 1.35. The summed E-state index contributed by atoms with van der Waals surface area (Å²) in [5.74, 6) is 0. The molecule has 0 bridgehead atoms. The molecule has 0 radical (unpaired) electrons. The van der Waals surface area contributed by atoms with Gasteiger partial charge in [0.1, 0.15) is 0 Å². The number of nitrogens with one attached hydrogen (secondary N) is 1. The lowest BCUT2D eigenvalue weighted by Gasteiger charge is -2.20. The number of hydrogen-bond donors (Lipinski definition) is 1. The van der Waals surface area contributed by atoms with E-state index in [1.54, 1.807) is 18.4 Å². The Kier molecular flexibility index (Phi) is 6.41. The fourth-order valence-electron chi connectivity index (χ4n) is 2.30. The predicted octanol–water partition coefficient (Wildman–Crippen LogP) is 3.75. The second-order valence-electron chi connectivity index (χ2n) is 4.95. The van der Waals surface area contributed by atoms with Crippen molar-refractivity contribution in [2.45, 2.75) is 32.9 Å². The third-order valence-corrected chi connectivity index (χ3v) is 5.07. The average Bonchev–Trinajstić information content (AvgIpc) is 3.05. The van der Waals surface area contributed by atoms with E-state index >= 15 is 0 Å². The predicted molar refractivity (Wildman–Crippen MR) is 91.0 cm³/mol. The standard InChI is InChI=1S/C15H22BrN3OS/c1-4-6-17-13(15-11(2)5-9-21-15)14-12(16)10-18-19(14)7-8-20-3/h5,9-10,13,17H,4,6-8H2,1-3H3. The minimum atomic E-state index is 0.165. The van der Waals surface area contributed by atoms with Gasteiger partial charge in [0, 0.05) is 12.0 Å². The van der Waals surface area contributed by atoms with Gasteiger partial charge in [0.05, 0.1) is 35.6 Å². The summed E-state index contributed by atoms with van der Waals surface area (Å²) in [6.07, 6.45) is 2.97. The quantitative estimate of drug-likeness (QED) is 0.767. The molecule has 21 heavy (non-hydrogen) atoms. The van der Waals surface area contributed by atoms with Crippen LogP contribution in [0.1, 0.15) is 35.5 Å². The molecule has 0 aromatic carbocycles. The topological polar surface area (TPSA) is 39.1 Å². The highest BCUT2D eigenvalue weighted by Crippen LogP contribution is 2.33. The van der Waals surface area contributed by atoms with E-state index in [1.807, 2.05) is 10.9 Å². The maximum Gasteiger partial charge on any atom is 0.0856 e. The van der Waals surface area contributed by atoms with Gasteiger partial charge in [-0.3, -0.25) is 4.68 Å². The molecule has 2 aromatic heterocycles. The zero-order valence-corrected chi connectivity index (χ0v) is 15.1. The van der Waals surface area contributed by atoms with E-state index in [9.17, 15) is 0 Å². The number of ether oxygens (including phenoxy) is 1. The second-order valence-corrected chi connectivity index (χ2v) is 6.75. The van der Waals surface area contributed by atoms with Crippen molar-refractivity contribution in [2.24, 2.45) is 0 Å². The molecule has 0 spiro atoms. The maximum absolute atomic E-state index is 5.19. The van der Waals surface area contributed by atoms with Crippen molar-refractivity contribution in [1.82, 2.24) is 15.1 Å². The molecule has 1 unspecified atom stereocenters. The van der Waals surface area contributed by atoms with E-state index in [0.29, 0.717) is 6.61 Å². The first kappa shape index (κ1) is 16.7. The van der Waals surface area contributed by atoms with Gasteiger partial charge in [-0.1, -0.05) is 6.92 Å². The van der Waals surface area contributed by atoms with E-state index < -0.39 is 0 Å². The van der Waals surface area contributed by atoms with Gasteiger partial charge in [-0.15, -0.1) is 11.3 Å². The molecule has 0 aliphatic rings. The molecule has 2 heterocycles. The van der Waals surface area contributed by atoms with E-state index in [1.165, 1.54) is 16.1 Å². The van der Waals surface area contributed by atoms with Gasteiger partial charge in [-0.25, -0.2) is 0 Å². The lowest BCUT2D eigenvalue weighted by atomic mass is 10.1. The Labute approximate surface area is 138 Å². The van der Waals surface area contributed by atoms with Crippen LogP contribution < -0.4 is 5.32 Å². The summed E-state index contributed by atoms with van der Waals surface area (Å²) in [6, 6.07) is 2.34. The number of halogens is 1. The van der Waals surface area contributed by atoms with Gasteiger partial charge < -0.3 is 10.1 Å². The molecule has 6 heteroatoms. The monoisotopic (exact) mass is 371 g/mol. The largest absolute Gasteiger partial charge is 0.383 e. The first-order valence-corrected chi connectivity index (χ1v) is 8.83. The minimum absolute atomic E-state index is 0.165. The van der Waals surface area contributed by atoms with Crippen LogP contribution in [0.3, 0.4) is 0 Å². The Morgan fingerprint density at radius 3 is 2.95 bits per heavy atom. The molecule has 0 saturated heterocycles. The van der Waals surface area contributed by atoms with E-state index in [4.69, 9.17) is 4.74 Å². The first-order chi connectivity index (χ1) is 10.2. The van der Waals surface area contributed by atoms with Crippen LogP contribution in [0.15, 0.2) is 22.1 Å². The van der Waals surface area contributed by atoms with Crippen LogP contribution in [0.25, 0.3) is 0 Å². The Morgan fingerprint density at radius 1 is 1.52 bits per heavy atom. The van der Waals surface area contributed by atoms with Gasteiger partial charge in [-0.05, 0) is 52.8 Å². The second kappa shape index (κ2) is 8.08. The molecule has 2 aromatic rings. The van der Waals surface area contributed by atoms with Crippen molar-refractivity contribution in [3.8, 4) is 0 Å². The van der Waals surface area contributed by atoms with Crippen molar-refractivity contribution in [3.05, 3.63) is 38.3 Å². The summed E-state index contributed by atoms with van der Waals surface area (Å²) >= 11 is 5.44. The van der Waals surface area contributed by atoms with Gasteiger partial charge in [0.25, 0.3) is 0 Å². The molecule has 2 rings (SSSR count). The lowest BCUT2D eigenvalue weighted by molar-refractivity contribution is 0.182. The Bertz CT molecular complexity index is 567. The molecule has 116 valence electrons. The Morgan fingerprint density at radius 2 is 2.33 bits per heavy atom. The molecule has 1 N–H and O–H groups in total. The third-order valence-electron chi connectivity index (χ3n) is 3.38. The van der Waals surface area contributed by atoms with Crippen molar-refractivity contribution in [3.63, 3.8) is 0 Å². The van der Waals surface area contributed by atoms with Crippen LogP contribution in [0.4, 0.5) is 0 Å². The molecule has 0 aliphatic carbocycles. The molecule has 0 amide bonds. The summed E-state index contributed by atoms with van der Waals surface area (Å²) < 4.78 is 8.26. The molecule has 0 saturated carbocycles. The molecule has 0 aliphatic heterocycles. The minimum Gasteiger partial charge on any atom is -0.383 e. The number of nitrogens with zero attached hydrogens (tertiary/aromatic N) is 2. The summed E-state index contributed by atoms with van der Waals surface area (Å²) in [7, 11) is 1.72. The van der Waals surface area contributed by atoms with Crippen LogP contribution in [-0.4, -0.2) is 30.0 Å². The van der Waals surface area contributed by atoms with Crippen LogP contribution >= 0.6 is 27.3 Å². The van der Waals surface area contributed by atoms with Gasteiger partial charge in [-0.2, -0.15) is 5.10 Å². The highest BCUT2D eigenvalue weighted by Gasteiger charge is 2.23. The Balaban J connectivity index is 2.36. The number of thiophene rings is 1. The normalized spacial score (nSPS) is 12.8. The first-order valence-electron chi connectivity index (χ1n) is 7.16. The number of methoxy groups -OCH3 is 1. The van der Waals surface area contributed by atoms with Crippen LogP contribution in [0.2, 0.25) is 0 Å². The fraction of sp³-hybridized carbons (Fsp3) is 0.533. The number of rotatable bonds is 8. The van der Waals surface area contributed by atoms with E-state index in [-0.39, 0.29) is 6.04 Å². The van der Waals surface area contributed by atoms with Crippen LogP contribution in [0, 0.1) is 6.92 Å². The maximum atomic E-state index is 5.19. The number of aromatic nitrogens is 2. The fourth-order valence-corrected chi connectivity index (χ4v) is 3.83. The molecular formula is C15H22BrN3OS. The van der Waals surface area contributed by atoms with Crippen molar-refractivity contribution in [2.75, 3.05) is 20.3 Å². The highest BCUT2D eigenvalue weighted by molar-refractivity contribution is 9.10. The van der Waals surface area contributed by atoms with Crippen LogP contribution in [-0.2, 0) is 11.3 Å². The van der Waals surface area contributed by atoms with Gasteiger partial charge in [0.2, 0.25) is 0 Å². The van der Waals surface area contributed by atoms with Crippen LogP contribution in [0.5, 0.6) is 0 Å². The number of aryl methyl sites for hydroxylation is 1. The number of hydrogen-bond acceptors (Lipinski definition) is 4. The van der Waals surface area contributed by atoms with Gasteiger partial charge in [0.15, 0.2) is 0 Å². The zero-order valence-electron chi connectivity index (χ0n) is 12.7. The summed E-state index contributed by atoms with van der Waals surface area (Å²) in [6.45, 7) is 6.74. The van der Waals surface area contributed by atoms with Gasteiger partial charge >= 0.3 is 0 Å². The summed E-state index contributed by atoms with van der Waals surface area (Å²) in [5, 5.41) is 10.3. The smallest absolute Gasteiger partial charge is 0.0856 e. The third kappa shape index (κ3) is 3.94. The van der Waals surface area contributed by atoms with Crippen molar-refractivity contribution < 1.29 is 4.74 Å². The molecular weight excluding hydrogens is 350 g/mol. The summed E-state index contributed by atoms with van der Waals surface area (Å²) in [5.41, 5.74) is 2.49. The average molecular weight is 372 g/mol. The van der Waals surface area contributed by atoms with E-state index in [2.05, 4.69) is 51.6 Å². The molecule has 1 atom stereocenters. The zero-order chi connectivity index (χ0) is 15.2. The van der Waals surface area contributed by atoms with Crippen molar-refractivity contribution in [1.29, 1.82) is 0 Å². The van der Waals surface area contributed by atoms with E-state index in [0.717, 1.165) is 24.0 Å².